The van der Waals surface area contributed by atoms with Gasteiger partial charge in [-0.1, -0.05) is 12.2 Å². The second kappa shape index (κ2) is 0.996. The zero-order chi connectivity index (χ0) is 4.85. The van der Waals surface area contributed by atoms with Crippen LogP contribution in [0.3, 0.4) is 0 Å². The van der Waals surface area contributed by atoms with Gasteiger partial charge in [-0.2, -0.15) is 0 Å². The van der Waals surface area contributed by atoms with Crippen LogP contribution in [0.25, 0.3) is 0 Å². The van der Waals surface area contributed by atoms with Gasteiger partial charge < -0.3 is 5.32 Å². The van der Waals surface area contributed by atoms with E-state index in [1.165, 1.54) is 6.42 Å². The minimum atomic E-state index is 0.801. The summed E-state index contributed by atoms with van der Waals surface area (Å²) in [4.78, 5) is 1.12. The van der Waals surface area contributed by atoms with Crippen molar-refractivity contribution in [2.45, 2.75) is 6.42 Å². The Morgan fingerprint density at radius 1 is 1.71 bits per heavy atom. The lowest BCUT2D eigenvalue weighted by atomic mass is 10.4. The number of fused-ring (bicyclic) bond motifs is 1. The van der Waals surface area contributed by atoms with Crippen molar-refractivity contribution in [1.29, 1.82) is 0 Å². The van der Waals surface area contributed by atoms with Crippen molar-refractivity contribution in [3.8, 4) is 0 Å². The number of rotatable bonds is 0. The molecule has 0 amide bonds. The minimum absolute atomic E-state index is 0.801. The molecule has 1 saturated carbocycles. The molecule has 0 aromatic rings. The van der Waals surface area contributed by atoms with E-state index in [4.69, 9.17) is 12.2 Å². The highest BCUT2D eigenvalue weighted by Gasteiger charge is 2.44. The summed E-state index contributed by atoms with van der Waals surface area (Å²) in [5.41, 5.74) is 0. The molecule has 38 valence electrons. The molecule has 0 bridgehead atoms. The fourth-order valence-electron chi connectivity index (χ4n) is 1.16. The standard InChI is InChI=1S/C5H7NS/c7-5-4-1-3(4)2-6-5/h3-4H,1-2H2,(H,6,7)/t3-,4-/m1/s1. The normalized spacial score (nSPS) is 45.4. The average molecular weight is 113 g/mol. The Bertz CT molecular complexity index is 121. The van der Waals surface area contributed by atoms with Gasteiger partial charge in [0, 0.05) is 12.5 Å². The number of thiocarbonyl (C=S) groups is 1. The van der Waals surface area contributed by atoms with E-state index in [0.29, 0.717) is 0 Å². The first-order valence-corrected chi connectivity index (χ1v) is 3.06. The Balaban J connectivity index is 2.21. The first kappa shape index (κ1) is 3.84. The summed E-state index contributed by atoms with van der Waals surface area (Å²) in [5, 5.41) is 3.15. The molecular formula is C5H7NS. The van der Waals surface area contributed by atoms with Crippen LogP contribution in [0, 0.1) is 11.8 Å². The molecule has 1 saturated heterocycles. The first-order chi connectivity index (χ1) is 3.38. The topological polar surface area (TPSA) is 12.0 Å². The lowest BCUT2D eigenvalue weighted by Crippen LogP contribution is -2.16. The molecule has 1 aliphatic heterocycles. The molecule has 7 heavy (non-hydrogen) atoms. The Labute approximate surface area is 48.1 Å². The van der Waals surface area contributed by atoms with Gasteiger partial charge in [-0.3, -0.25) is 0 Å². The highest BCUT2D eigenvalue weighted by molar-refractivity contribution is 7.80. The van der Waals surface area contributed by atoms with Crippen molar-refractivity contribution >= 4 is 17.2 Å². The summed E-state index contributed by atoms with van der Waals surface area (Å²) in [6, 6.07) is 0. The SMILES string of the molecule is S=C1NC[C@H]2C[C@@H]12. The summed E-state index contributed by atoms with van der Waals surface area (Å²) in [7, 11) is 0. The van der Waals surface area contributed by atoms with Gasteiger partial charge in [0.1, 0.15) is 0 Å². The molecule has 2 rings (SSSR count). The van der Waals surface area contributed by atoms with E-state index in [2.05, 4.69) is 5.32 Å². The number of hydrogen-bond acceptors (Lipinski definition) is 1. The van der Waals surface area contributed by atoms with Gasteiger partial charge in [-0.25, -0.2) is 0 Å². The second-order valence-corrected chi connectivity index (χ2v) is 2.79. The summed E-state index contributed by atoms with van der Waals surface area (Å²) in [5.74, 6) is 1.74. The van der Waals surface area contributed by atoms with E-state index in [1.54, 1.807) is 0 Å². The third-order valence-corrected chi connectivity index (χ3v) is 2.24. The lowest BCUT2D eigenvalue weighted by molar-refractivity contribution is 0.819. The summed E-state index contributed by atoms with van der Waals surface area (Å²) >= 11 is 4.97. The van der Waals surface area contributed by atoms with E-state index in [9.17, 15) is 0 Å². The highest BCUT2D eigenvalue weighted by atomic mass is 32.1. The van der Waals surface area contributed by atoms with Crippen LogP contribution in [0.4, 0.5) is 0 Å². The van der Waals surface area contributed by atoms with E-state index in [1.807, 2.05) is 0 Å². The third-order valence-electron chi connectivity index (χ3n) is 1.80. The molecule has 1 nitrogen and oxygen atoms in total. The maximum atomic E-state index is 4.97. The third kappa shape index (κ3) is 0.402. The molecule has 1 aliphatic carbocycles. The fraction of sp³-hybridized carbons (Fsp3) is 0.800. The number of nitrogens with one attached hydrogen (secondary N) is 1. The van der Waals surface area contributed by atoms with E-state index in [-0.39, 0.29) is 0 Å². The number of hydrogen-bond donors (Lipinski definition) is 1. The van der Waals surface area contributed by atoms with Crippen molar-refractivity contribution < 1.29 is 0 Å². The van der Waals surface area contributed by atoms with Crippen molar-refractivity contribution in [2.24, 2.45) is 11.8 Å². The maximum absolute atomic E-state index is 4.97. The Hall–Kier alpha value is -0.110. The molecule has 1 N–H and O–H groups in total. The predicted octanol–water partition coefficient (Wildman–Crippen LogP) is 0.553. The largest absolute Gasteiger partial charge is 0.379 e. The van der Waals surface area contributed by atoms with Crippen LogP contribution in [0.5, 0.6) is 0 Å². The zero-order valence-electron chi connectivity index (χ0n) is 3.98. The molecule has 0 aromatic carbocycles. The molecule has 0 aromatic heterocycles. The fourth-order valence-corrected chi connectivity index (χ4v) is 1.53. The van der Waals surface area contributed by atoms with Gasteiger partial charge in [-0.15, -0.1) is 0 Å². The summed E-state index contributed by atoms with van der Waals surface area (Å²) in [6.07, 6.45) is 1.37. The van der Waals surface area contributed by atoms with Crippen LogP contribution in [0.2, 0.25) is 0 Å². The van der Waals surface area contributed by atoms with Gasteiger partial charge in [0.05, 0.1) is 4.99 Å². The molecule has 0 unspecified atom stereocenters. The van der Waals surface area contributed by atoms with E-state index >= 15 is 0 Å². The highest BCUT2D eigenvalue weighted by Crippen LogP contribution is 2.42. The van der Waals surface area contributed by atoms with Gasteiger partial charge in [0.25, 0.3) is 0 Å². The van der Waals surface area contributed by atoms with Gasteiger partial charge in [-0.05, 0) is 12.3 Å². The van der Waals surface area contributed by atoms with Gasteiger partial charge >= 0.3 is 0 Å². The van der Waals surface area contributed by atoms with Crippen molar-refractivity contribution in [3.63, 3.8) is 0 Å². The lowest BCUT2D eigenvalue weighted by Gasteiger charge is -1.93. The van der Waals surface area contributed by atoms with Gasteiger partial charge in [0.2, 0.25) is 0 Å². The van der Waals surface area contributed by atoms with Crippen LogP contribution in [0.15, 0.2) is 0 Å². The Morgan fingerprint density at radius 3 is 2.71 bits per heavy atom. The Morgan fingerprint density at radius 2 is 2.57 bits per heavy atom. The molecule has 2 heteroatoms. The smallest absolute Gasteiger partial charge is 0.0788 e. The van der Waals surface area contributed by atoms with Crippen molar-refractivity contribution in [1.82, 2.24) is 5.32 Å². The predicted molar refractivity (Wildman–Crippen MR) is 32.2 cm³/mol. The number of piperidine rings is 1. The van der Waals surface area contributed by atoms with Crippen LogP contribution in [0.1, 0.15) is 6.42 Å². The maximum Gasteiger partial charge on any atom is 0.0788 e. The van der Waals surface area contributed by atoms with Crippen LogP contribution >= 0.6 is 12.2 Å². The van der Waals surface area contributed by atoms with Crippen LogP contribution in [-0.2, 0) is 0 Å². The molecule has 2 atom stereocenters. The summed E-state index contributed by atoms with van der Waals surface area (Å²) < 4.78 is 0. The van der Waals surface area contributed by atoms with Crippen LogP contribution < -0.4 is 5.32 Å². The zero-order valence-corrected chi connectivity index (χ0v) is 4.79. The van der Waals surface area contributed by atoms with Crippen LogP contribution in [-0.4, -0.2) is 11.5 Å². The monoisotopic (exact) mass is 113 g/mol. The first-order valence-electron chi connectivity index (χ1n) is 2.65. The molecule has 0 spiro atoms. The molecule has 2 fully saturated rings. The quantitative estimate of drug-likeness (QED) is 0.460. The van der Waals surface area contributed by atoms with E-state index in [0.717, 1.165) is 23.4 Å². The van der Waals surface area contributed by atoms with Crippen molar-refractivity contribution in [2.75, 3.05) is 6.54 Å². The van der Waals surface area contributed by atoms with Crippen molar-refractivity contribution in [3.05, 3.63) is 0 Å². The molecular weight excluding hydrogens is 106 g/mol. The second-order valence-electron chi connectivity index (χ2n) is 2.35. The molecule has 0 radical (unpaired) electrons. The van der Waals surface area contributed by atoms with Gasteiger partial charge in [0.15, 0.2) is 0 Å². The minimum Gasteiger partial charge on any atom is -0.379 e. The van der Waals surface area contributed by atoms with E-state index < -0.39 is 0 Å². The summed E-state index contributed by atoms with van der Waals surface area (Å²) in [6.45, 7) is 1.16. The molecule has 1 heterocycles. The molecule has 2 aliphatic rings. The average Bonchev–Trinajstić information content (AvgIpc) is 2.33. The Kier molecular flexibility index (Phi) is 0.546.